The molecule has 176 valence electrons. The van der Waals surface area contributed by atoms with E-state index in [0.717, 1.165) is 16.2 Å². The molecule has 0 fully saturated rings. The van der Waals surface area contributed by atoms with E-state index in [-0.39, 0.29) is 16.2 Å². The van der Waals surface area contributed by atoms with Crippen LogP contribution in [0.15, 0.2) is 76.5 Å². The lowest BCUT2D eigenvalue weighted by Gasteiger charge is -2.11. The quantitative estimate of drug-likeness (QED) is 0.120. The van der Waals surface area contributed by atoms with Gasteiger partial charge in [-0.3, -0.25) is 19.1 Å². The number of Topliss-reactive ketones (excluding diaryl/α,β-unsaturated/α-hetero) is 1. The van der Waals surface area contributed by atoms with E-state index in [9.17, 15) is 19.1 Å². The Morgan fingerprint density at radius 3 is 2.29 bits per heavy atom. The van der Waals surface area contributed by atoms with E-state index >= 15 is 0 Å². The smallest absolute Gasteiger partial charge is 0.280 e. The first-order valence-electron chi connectivity index (χ1n) is 10.1. The highest BCUT2D eigenvalue weighted by Crippen LogP contribution is 2.31. The molecule has 1 unspecified atom stereocenters. The number of nitrogens with zero attached hydrogens (tertiary/aromatic N) is 1. The minimum Gasteiger partial charge on any atom is -0.497 e. The second-order valence-corrected chi connectivity index (χ2v) is 9.47. The molecule has 0 spiro atoms. The molecule has 0 aliphatic heterocycles. The van der Waals surface area contributed by atoms with Gasteiger partial charge in [0.2, 0.25) is 5.78 Å². The first-order valence-corrected chi connectivity index (χ1v) is 12.7. The van der Waals surface area contributed by atoms with Gasteiger partial charge < -0.3 is 9.47 Å². The molecule has 3 rings (SSSR count). The molecule has 3 aromatic carbocycles. The van der Waals surface area contributed by atoms with Gasteiger partial charge in [0.25, 0.3) is 5.69 Å². The maximum Gasteiger partial charge on any atom is 0.280 e. The summed E-state index contributed by atoms with van der Waals surface area (Å²) in [5, 5.41) is 11.5. The number of carbonyl (C=O) groups is 1. The molecule has 0 bridgehead atoms. The Bertz CT molecular complexity index is 1250. The molecule has 34 heavy (non-hydrogen) atoms. The van der Waals surface area contributed by atoms with Crippen LogP contribution in [0.5, 0.6) is 11.5 Å². The van der Waals surface area contributed by atoms with Crippen molar-refractivity contribution in [3.63, 3.8) is 0 Å². The van der Waals surface area contributed by atoms with Gasteiger partial charge in [0.05, 0.1) is 46.5 Å². The number of carbonyl (C=O) groups excluding carboxylic acids is 1. The summed E-state index contributed by atoms with van der Waals surface area (Å²) in [6.07, 6.45) is 2.70. The third-order valence-corrected chi connectivity index (χ3v) is 7.01. The summed E-state index contributed by atoms with van der Waals surface area (Å²) in [7, 11) is 1.33. The molecule has 9 heteroatoms. The summed E-state index contributed by atoms with van der Waals surface area (Å²) < 4.78 is 22.8. The third kappa shape index (κ3) is 6.12. The van der Waals surface area contributed by atoms with Crippen LogP contribution in [-0.2, 0) is 16.6 Å². The summed E-state index contributed by atoms with van der Waals surface area (Å²) in [5.74, 6) is 1.25. The van der Waals surface area contributed by atoms with Crippen LogP contribution in [0.2, 0.25) is 0 Å². The number of hydrogen-bond donors (Lipinski definition) is 0. The molecule has 3 aromatic rings. The van der Waals surface area contributed by atoms with Gasteiger partial charge >= 0.3 is 0 Å². The van der Waals surface area contributed by atoms with Gasteiger partial charge in [0, 0.05) is 22.5 Å². The van der Waals surface area contributed by atoms with Crippen molar-refractivity contribution in [2.45, 2.75) is 10.6 Å². The number of allylic oxidation sites excluding steroid dienone is 1. The second-order valence-electron chi connectivity index (χ2n) is 7.11. The third-order valence-electron chi connectivity index (χ3n) is 4.94. The fraction of sp³-hybridized carbons (Fsp3) is 0.160. The molecule has 7 nitrogen and oxygen atoms in total. The summed E-state index contributed by atoms with van der Waals surface area (Å²) in [4.78, 5) is 25.1. The fourth-order valence-electron chi connectivity index (χ4n) is 3.15. The number of benzene rings is 3. The van der Waals surface area contributed by atoms with Crippen molar-refractivity contribution in [2.75, 3.05) is 20.5 Å². The van der Waals surface area contributed by atoms with Crippen LogP contribution in [-0.4, -0.2) is 35.4 Å². The van der Waals surface area contributed by atoms with E-state index in [0.29, 0.717) is 17.1 Å². The molecule has 0 heterocycles. The molecular formula is C25H23NO6S2. The predicted octanol–water partition coefficient (Wildman–Crippen LogP) is 5.51. The SMILES string of the molecule is COc1ccc(CSc2ccccc2C(=O)/C(=C/c2ccc(OC)cc2[N+](=O)[O-])S(C)=O)cc1. The molecule has 0 saturated carbocycles. The number of nitro benzene ring substituents is 1. The Hall–Kier alpha value is -3.43. The van der Waals surface area contributed by atoms with E-state index in [1.165, 1.54) is 43.3 Å². The Labute approximate surface area is 204 Å². The van der Waals surface area contributed by atoms with Gasteiger partial charge in [-0.1, -0.05) is 24.3 Å². The van der Waals surface area contributed by atoms with Crippen molar-refractivity contribution >= 4 is 40.1 Å². The number of nitro groups is 1. The monoisotopic (exact) mass is 497 g/mol. The van der Waals surface area contributed by atoms with Crippen molar-refractivity contribution in [1.29, 1.82) is 0 Å². The molecule has 0 aliphatic carbocycles. The van der Waals surface area contributed by atoms with Crippen LogP contribution in [0, 0.1) is 10.1 Å². The summed E-state index contributed by atoms with van der Waals surface area (Å²) in [6, 6.07) is 19.0. The number of ketones is 1. The first kappa shape index (κ1) is 25.2. The van der Waals surface area contributed by atoms with E-state index in [2.05, 4.69) is 0 Å². The predicted molar refractivity (Wildman–Crippen MR) is 135 cm³/mol. The Kier molecular flexibility index (Phi) is 8.61. The van der Waals surface area contributed by atoms with E-state index in [1.54, 1.807) is 25.3 Å². The lowest BCUT2D eigenvalue weighted by atomic mass is 10.1. The van der Waals surface area contributed by atoms with Crippen molar-refractivity contribution < 1.29 is 23.4 Å². The highest BCUT2D eigenvalue weighted by molar-refractivity contribution is 7.98. The molecule has 0 aliphatic rings. The molecular weight excluding hydrogens is 474 g/mol. The highest BCUT2D eigenvalue weighted by Gasteiger charge is 2.22. The lowest BCUT2D eigenvalue weighted by Crippen LogP contribution is -2.09. The van der Waals surface area contributed by atoms with Gasteiger partial charge in [-0.05, 0) is 48.0 Å². The van der Waals surface area contributed by atoms with Crippen molar-refractivity contribution in [3.8, 4) is 11.5 Å². The first-order chi connectivity index (χ1) is 16.3. The Morgan fingerprint density at radius 1 is 1.03 bits per heavy atom. The van der Waals surface area contributed by atoms with Gasteiger partial charge in [0.1, 0.15) is 11.5 Å². The van der Waals surface area contributed by atoms with Crippen LogP contribution in [0.4, 0.5) is 5.69 Å². The number of ether oxygens (including phenoxy) is 2. The normalized spacial score (nSPS) is 12.1. The van der Waals surface area contributed by atoms with Gasteiger partial charge in [-0.15, -0.1) is 11.8 Å². The zero-order valence-electron chi connectivity index (χ0n) is 18.8. The zero-order chi connectivity index (χ0) is 24.7. The Balaban J connectivity index is 1.94. The molecule has 0 radical (unpaired) electrons. The number of hydrogen-bond acceptors (Lipinski definition) is 7. The second kappa shape index (κ2) is 11.6. The summed E-state index contributed by atoms with van der Waals surface area (Å²) >= 11 is 1.48. The summed E-state index contributed by atoms with van der Waals surface area (Å²) in [6.45, 7) is 0. The number of rotatable bonds is 10. The fourth-order valence-corrected chi connectivity index (χ4v) is 4.82. The lowest BCUT2D eigenvalue weighted by molar-refractivity contribution is -0.385. The maximum atomic E-state index is 13.4. The van der Waals surface area contributed by atoms with E-state index in [1.807, 2.05) is 36.4 Å². The average Bonchev–Trinajstić information content (AvgIpc) is 2.85. The minimum absolute atomic E-state index is 0.0224. The molecule has 0 N–H and O–H groups in total. The molecule has 0 amide bonds. The standard InChI is InChI=1S/C25H23NO6S2/c1-31-19-11-8-17(9-12-19)16-33-23-7-5-4-6-21(23)25(27)24(34(3)30)14-18-10-13-20(32-2)15-22(18)26(28)29/h4-15H,16H2,1-3H3/b24-14-. The largest absolute Gasteiger partial charge is 0.497 e. The van der Waals surface area contributed by atoms with E-state index in [4.69, 9.17) is 9.47 Å². The Morgan fingerprint density at radius 2 is 1.68 bits per heavy atom. The highest BCUT2D eigenvalue weighted by atomic mass is 32.2. The van der Waals surface area contributed by atoms with Crippen LogP contribution in [0.1, 0.15) is 21.5 Å². The molecule has 1 atom stereocenters. The molecule has 0 aromatic heterocycles. The van der Waals surface area contributed by atoms with Gasteiger partial charge in [-0.2, -0.15) is 0 Å². The van der Waals surface area contributed by atoms with Gasteiger partial charge in [-0.25, -0.2) is 0 Å². The number of thioether (sulfide) groups is 1. The molecule has 0 saturated heterocycles. The minimum atomic E-state index is -1.68. The average molecular weight is 498 g/mol. The zero-order valence-corrected chi connectivity index (χ0v) is 20.5. The van der Waals surface area contributed by atoms with Gasteiger partial charge in [0.15, 0.2) is 0 Å². The van der Waals surface area contributed by atoms with Crippen LogP contribution < -0.4 is 9.47 Å². The topological polar surface area (TPSA) is 95.7 Å². The summed E-state index contributed by atoms with van der Waals surface area (Å²) in [5.41, 5.74) is 1.38. The van der Waals surface area contributed by atoms with Crippen LogP contribution >= 0.6 is 11.8 Å². The van der Waals surface area contributed by atoms with Crippen molar-refractivity contribution in [1.82, 2.24) is 0 Å². The van der Waals surface area contributed by atoms with Crippen molar-refractivity contribution in [2.24, 2.45) is 0 Å². The van der Waals surface area contributed by atoms with Crippen LogP contribution in [0.3, 0.4) is 0 Å². The number of methoxy groups -OCH3 is 2. The van der Waals surface area contributed by atoms with E-state index < -0.39 is 21.5 Å². The van der Waals surface area contributed by atoms with Crippen LogP contribution in [0.25, 0.3) is 6.08 Å². The van der Waals surface area contributed by atoms with Crippen molar-refractivity contribution in [3.05, 3.63) is 98.4 Å². The maximum absolute atomic E-state index is 13.4.